The highest BCUT2D eigenvalue weighted by Crippen LogP contribution is 2.32. The van der Waals surface area contributed by atoms with Gasteiger partial charge in [0.1, 0.15) is 11.3 Å². The number of para-hydroxylation sites is 1. The van der Waals surface area contributed by atoms with E-state index in [2.05, 4.69) is 15.6 Å². The van der Waals surface area contributed by atoms with E-state index in [1.165, 1.54) is 13.5 Å². The summed E-state index contributed by atoms with van der Waals surface area (Å²) in [7, 11) is 1.51. The van der Waals surface area contributed by atoms with Crippen LogP contribution in [0.1, 0.15) is 19.4 Å². The number of methoxy groups -OCH3 is 1. The number of nitrogens with one attached hydrogen (secondary N) is 2. The van der Waals surface area contributed by atoms with Crippen molar-refractivity contribution in [1.82, 2.24) is 10.3 Å². The van der Waals surface area contributed by atoms with Gasteiger partial charge in [0.2, 0.25) is 0 Å². The van der Waals surface area contributed by atoms with Crippen LogP contribution in [0.4, 0.5) is 5.69 Å². The molecule has 0 aliphatic carbocycles. The molecular weight excluding hydrogens is 410 g/mol. The predicted octanol–water partition coefficient (Wildman–Crippen LogP) is 4.17. The van der Waals surface area contributed by atoms with Gasteiger partial charge in [-0.1, -0.05) is 18.2 Å². The Kier molecular flexibility index (Phi) is 5.68. The maximum atomic E-state index is 12.6. The number of carbonyl (C=O) groups excluding carboxylic acids is 2. The minimum Gasteiger partial charge on any atom is -0.496 e. The van der Waals surface area contributed by atoms with E-state index in [4.69, 9.17) is 13.6 Å². The van der Waals surface area contributed by atoms with Crippen molar-refractivity contribution < 1.29 is 23.2 Å². The molecule has 2 amide bonds. The molecule has 2 N–H and O–H groups in total. The molecule has 0 bridgehead atoms. The summed E-state index contributed by atoms with van der Waals surface area (Å²) < 4.78 is 16.2. The van der Waals surface area contributed by atoms with Crippen LogP contribution in [0.25, 0.3) is 22.3 Å². The molecule has 0 radical (unpaired) electrons. The third-order valence-corrected chi connectivity index (χ3v) is 5.01. The lowest BCUT2D eigenvalue weighted by Crippen LogP contribution is -2.49. The fraction of sp³-hybridized carbons (Fsp3) is 0.208. The van der Waals surface area contributed by atoms with Gasteiger partial charge in [-0.15, -0.1) is 0 Å². The highest BCUT2D eigenvalue weighted by molar-refractivity contribution is 6.39. The first kappa shape index (κ1) is 21.2. The van der Waals surface area contributed by atoms with E-state index in [-0.39, 0.29) is 0 Å². The lowest BCUT2D eigenvalue weighted by atomic mass is 9.94. The molecule has 4 aromatic rings. The smallest absolute Gasteiger partial charge is 0.313 e. The molecule has 2 aromatic carbocycles. The first-order chi connectivity index (χ1) is 15.4. The highest BCUT2D eigenvalue weighted by Gasteiger charge is 2.26. The number of benzene rings is 2. The molecule has 8 heteroatoms. The summed E-state index contributed by atoms with van der Waals surface area (Å²) in [5, 5.41) is 6.38. The quantitative estimate of drug-likeness (QED) is 0.442. The van der Waals surface area contributed by atoms with E-state index in [9.17, 15) is 9.59 Å². The van der Waals surface area contributed by atoms with Gasteiger partial charge in [0, 0.05) is 28.2 Å². The van der Waals surface area contributed by atoms with Crippen LogP contribution < -0.4 is 15.4 Å². The Bertz CT molecular complexity index is 1260. The Labute approximate surface area is 184 Å². The zero-order valence-corrected chi connectivity index (χ0v) is 18.0. The predicted molar refractivity (Wildman–Crippen MR) is 119 cm³/mol. The van der Waals surface area contributed by atoms with Gasteiger partial charge in [-0.05, 0) is 38.5 Å². The second kappa shape index (κ2) is 8.58. The molecule has 2 heterocycles. The average Bonchev–Trinajstić information content (AvgIpc) is 3.44. The number of furan rings is 1. The summed E-state index contributed by atoms with van der Waals surface area (Å²) in [4.78, 5) is 29.0. The van der Waals surface area contributed by atoms with Crippen LogP contribution in [0, 0.1) is 0 Å². The summed E-state index contributed by atoms with van der Waals surface area (Å²) in [6.45, 7) is 3.71. The maximum absolute atomic E-state index is 12.6. The van der Waals surface area contributed by atoms with Gasteiger partial charge in [-0.3, -0.25) is 9.59 Å². The molecule has 0 fully saturated rings. The van der Waals surface area contributed by atoms with Crippen LogP contribution in [0.15, 0.2) is 70.2 Å². The number of ether oxygens (including phenoxy) is 1. The Morgan fingerprint density at radius 3 is 2.66 bits per heavy atom. The van der Waals surface area contributed by atoms with Crippen LogP contribution in [0.2, 0.25) is 0 Å². The fourth-order valence-electron chi connectivity index (χ4n) is 3.56. The highest BCUT2D eigenvalue weighted by atomic mass is 16.5. The Morgan fingerprint density at radius 2 is 1.91 bits per heavy atom. The number of hydrogen-bond donors (Lipinski definition) is 2. The fourth-order valence-corrected chi connectivity index (χ4v) is 3.56. The number of rotatable bonds is 6. The van der Waals surface area contributed by atoms with Crippen LogP contribution in [0.5, 0.6) is 5.75 Å². The van der Waals surface area contributed by atoms with E-state index >= 15 is 0 Å². The zero-order chi connectivity index (χ0) is 22.7. The summed E-state index contributed by atoms with van der Waals surface area (Å²) in [6.07, 6.45) is 5.07. The van der Waals surface area contributed by atoms with E-state index in [1.807, 2.05) is 38.1 Å². The summed E-state index contributed by atoms with van der Waals surface area (Å²) in [5.41, 5.74) is 2.17. The summed E-state index contributed by atoms with van der Waals surface area (Å²) in [6, 6.07) is 12.7. The average molecular weight is 433 g/mol. The van der Waals surface area contributed by atoms with Crippen molar-refractivity contribution in [2.24, 2.45) is 0 Å². The van der Waals surface area contributed by atoms with Gasteiger partial charge in [0.25, 0.3) is 0 Å². The minimum atomic E-state index is -0.774. The van der Waals surface area contributed by atoms with Gasteiger partial charge in [0.05, 0.1) is 25.1 Å². The Morgan fingerprint density at radius 1 is 1.09 bits per heavy atom. The number of nitrogens with zero attached hydrogens (tertiary/aromatic N) is 1. The number of fused-ring (bicyclic) bond motifs is 1. The molecule has 0 aliphatic heterocycles. The molecule has 0 aliphatic rings. The van der Waals surface area contributed by atoms with Crippen molar-refractivity contribution >= 4 is 28.5 Å². The van der Waals surface area contributed by atoms with Gasteiger partial charge in [-0.25, -0.2) is 4.98 Å². The first-order valence-electron chi connectivity index (χ1n) is 10.0. The molecule has 0 atom stereocenters. The van der Waals surface area contributed by atoms with Gasteiger partial charge < -0.3 is 24.2 Å². The molecular formula is C24H23N3O5. The van der Waals surface area contributed by atoms with Crippen LogP contribution in [-0.2, 0) is 16.0 Å². The second-order valence-corrected chi connectivity index (χ2v) is 8.01. The number of hydrogen-bond acceptors (Lipinski definition) is 6. The van der Waals surface area contributed by atoms with Crippen molar-refractivity contribution in [3.63, 3.8) is 0 Å². The van der Waals surface area contributed by atoms with Crippen molar-refractivity contribution in [3.05, 3.63) is 66.9 Å². The normalized spacial score (nSPS) is 11.3. The lowest BCUT2D eigenvalue weighted by Gasteiger charge is -2.25. The topological polar surface area (TPSA) is 107 Å². The Hall–Kier alpha value is -4.07. The van der Waals surface area contributed by atoms with Crippen LogP contribution in [-0.4, -0.2) is 29.4 Å². The number of amides is 2. The standard InChI is InChI=1S/C24H23N3O5/c1-24(2,11-15-13-31-19-7-5-4-6-17(15)19)27-23(29)22(28)26-16-8-9-18(20(10-16)30-3)21-12-25-14-32-21/h4-10,12-14H,11H2,1-3H3,(H,26,28)(H,27,29). The molecule has 4 rings (SSSR count). The van der Waals surface area contributed by atoms with Crippen molar-refractivity contribution in [2.45, 2.75) is 25.8 Å². The molecule has 32 heavy (non-hydrogen) atoms. The largest absolute Gasteiger partial charge is 0.496 e. The Balaban J connectivity index is 1.42. The zero-order valence-electron chi connectivity index (χ0n) is 18.0. The lowest BCUT2D eigenvalue weighted by molar-refractivity contribution is -0.137. The number of aromatic nitrogens is 1. The third-order valence-electron chi connectivity index (χ3n) is 5.01. The third kappa shape index (κ3) is 4.49. The van der Waals surface area contributed by atoms with Gasteiger partial charge >= 0.3 is 11.8 Å². The molecule has 0 spiro atoms. The van der Waals surface area contributed by atoms with Crippen molar-refractivity contribution in [2.75, 3.05) is 12.4 Å². The summed E-state index contributed by atoms with van der Waals surface area (Å²) in [5.74, 6) is -0.496. The van der Waals surface area contributed by atoms with Gasteiger partial charge in [-0.2, -0.15) is 0 Å². The minimum absolute atomic E-state index is 0.420. The molecule has 0 saturated heterocycles. The van der Waals surface area contributed by atoms with E-state index in [1.54, 1.807) is 30.7 Å². The molecule has 8 nitrogen and oxygen atoms in total. The molecule has 164 valence electrons. The van der Waals surface area contributed by atoms with Crippen LogP contribution >= 0.6 is 0 Å². The van der Waals surface area contributed by atoms with E-state index in [0.717, 1.165) is 16.5 Å². The van der Waals surface area contributed by atoms with Crippen molar-refractivity contribution in [1.29, 1.82) is 0 Å². The molecule has 0 unspecified atom stereocenters. The summed E-state index contributed by atoms with van der Waals surface area (Å²) >= 11 is 0. The monoisotopic (exact) mass is 433 g/mol. The van der Waals surface area contributed by atoms with Crippen LogP contribution in [0.3, 0.4) is 0 Å². The van der Waals surface area contributed by atoms with Crippen molar-refractivity contribution in [3.8, 4) is 17.1 Å². The number of anilines is 1. The van der Waals surface area contributed by atoms with E-state index < -0.39 is 17.4 Å². The number of carbonyl (C=O) groups is 2. The maximum Gasteiger partial charge on any atom is 0.313 e. The number of oxazole rings is 1. The second-order valence-electron chi connectivity index (χ2n) is 8.01. The SMILES string of the molecule is COc1cc(NC(=O)C(=O)NC(C)(C)Cc2coc3ccccc23)ccc1-c1cnco1. The molecule has 0 saturated carbocycles. The van der Waals surface area contributed by atoms with Gasteiger partial charge in [0.15, 0.2) is 12.2 Å². The molecule has 2 aromatic heterocycles. The van der Waals surface area contributed by atoms with E-state index in [0.29, 0.717) is 29.2 Å². The first-order valence-corrected chi connectivity index (χ1v) is 10.0.